The van der Waals surface area contributed by atoms with Gasteiger partial charge in [-0.2, -0.15) is 0 Å². The maximum absolute atomic E-state index is 3.43. The van der Waals surface area contributed by atoms with Gasteiger partial charge in [0, 0.05) is 31.4 Å². The molecule has 2 nitrogen and oxygen atoms in total. The minimum atomic E-state index is 0.743. The smallest absolute Gasteiger partial charge is 0.0373 e. The molecule has 1 aromatic carbocycles. The third-order valence-electron chi connectivity index (χ3n) is 4.51. The molecule has 2 heteroatoms. The van der Waals surface area contributed by atoms with Gasteiger partial charge in [0.25, 0.3) is 0 Å². The van der Waals surface area contributed by atoms with Crippen molar-refractivity contribution in [2.24, 2.45) is 5.92 Å². The number of nitrogens with zero attached hydrogens (tertiary/aromatic N) is 1. The summed E-state index contributed by atoms with van der Waals surface area (Å²) in [7, 11) is 0. The van der Waals surface area contributed by atoms with Gasteiger partial charge in [0.1, 0.15) is 0 Å². The quantitative estimate of drug-likeness (QED) is 0.859. The molecule has 1 saturated heterocycles. The van der Waals surface area contributed by atoms with Crippen LogP contribution >= 0.6 is 0 Å². The number of hydrogen-bond acceptors (Lipinski definition) is 2. The Kier molecular flexibility index (Phi) is 3.29. The minimum absolute atomic E-state index is 0.743. The van der Waals surface area contributed by atoms with Gasteiger partial charge in [0.05, 0.1) is 0 Å². The van der Waals surface area contributed by atoms with Gasteiger partial charge in [-0.25, -0.2) is 0 Å². The fourth-order valence-electron chi connectivity index (χ4n) is 3.29. The first-order valence-electron chi connectivity index (χ1n) is 7.32. The van der Waals surface area contributed by atoms with Crippen molar-refractivity contribution in [2.75, 3.05) is 18.4 Å². The van der Waals surface area contributed by atoms with Crippen molar-refractivity contribution in [1.82, 2.24) is 4.90 Å². The van der Waals surface area contributed by atoms with Gasteiger partial charge in [-0.1, -0.05) is 19.1 Å². The molecular formula is C16H24N2. The van der Waals surface area contributed by atoms with Crippen molar-refractivity contribution in [3.05, 3.63) is 29.3 Å². The van der Waals surface area contributed by atoms with Crippen LogP contribution in [0.2, 0.25) is 0 Å². The first-order valence-corrected chi connectivity index (χ1v) is 7.32. The van der Waals surface area contributed by atoms with E-state index in [4.69, 9.17) is 0 Å². The van der Waals surface area contributed by atoms with Gasteiger partial charge in [-0.3, -0.25) is 4.90 Å². The van der Waals surface area contributed by atoms with Crippen molar-refractivity contribution >= 4 is 5.69 Å². The summed E-state index contributed by atoms with van der Waals surface area (Å²) in [6.45, 7) is 8.25. The van der Waals surface area contributed by atoms with Crippen LogP contribution in [0.3, 0.4) is 0 Å². The summed E-state index contributed by atoms with van der Waals surface area (Å²) in [5.41, 5.74) is 4.34. The highest BCUT2D eigenvalue weighted by Gasteiger charge is 2.23. The van der Waals surface area contributed by atoms with Crippen molar-refractivity contribution in [3.8, 4) is 0 Å². The Hall–Kier alpha value is -1.02. The maximum atomic E-state index is 3.43. The first-order chi connectivity index (χ1) is 8.72. The van der Waals surface area contributed by atoms with E-state index in [9.17, 15) is 0 Å². The Balaban J connectivity index is 1.72. The second-order valence-electron chi connectivity index (χ2n) is 6.13. The van der Waals surface area contributed by atoms with Crippen molar-refractivity contribution in [2.45, 2.75) is 45.7 Å². The monoisotopic (exact) mass is 244 g/mol. The number of hydrogen-bond donors (Lipinski definition) is 1. The zero-order chi connectivity index (χ0) is 12.5. The van der Waals surface area contributed by atoms with Gasteiger partial charge < -0.3 is 5.32 Å². The lowest BCUT2D eigenvalue weighted by molar-refractivity contribution is 0.117. The molecule has 18 heavy (non-hydrogen) atoms. The van der Waals surface area contributed by atoms with Crippen LogP contribution in [-0.4, -0.2) is 24.0 Å². The summed E-state index contributed by atoms with van der Waals surface area (Å²) in [5.74, 6) is 0.859. The van der Waals surface area contributed by atoms with E-state index in [2.05, 4.69) is 42.3 Å². The van der Waals surface area contributed by atoms with E-state index >= 15 is 0 Å². The van der Waals surface area contributed by atoms with Crippen molar-refractivity contribution in [3.63, 3.8) is 0 Å². The first kappa shape index (κ1) is 12.0. The molecule has 1 fully saturated rings. The predicted octanol–water partition coefficient (Wildman–Crippen LogP) is 3.28. The molecule has 2 aliphatic heterocycles. The molecule has 2 atom stereocenters. The second-order valence-corrected chi connectivity index (χ2v) is 6.13. The van der Waals surface area contributed by atoms with Crippen LogP contribution in [0.4, 0.5) is 5.69 Å². The average Bonchev–Trinajstić information content (AvgIpc) is 2.81. The Morgan fingerprint density at radius 2 is 2.17 bits per heavy atom. The fourth-order valence-corrected chi connectivity index (χ4v) is 3.29. The topological polar surface area (TPSA) is 15.3 Å². The molecular weight excluding hydrogens is 220 g/mol. The third-order valence-corrected chi connectivity index (χ3v) is 4.51. The van der Waals surface area contributed by atoms with Crippen molar-refractivity contribution in [1.29, 1.82) is 0 Å². The van der Waals surface area contributed by atoms with Gasteiger partial charge in [-0.15, -0.1) is 0 Å². The van der Waals surface area contributed by atoms with Crippen LogP contribution in [-0.2, 0) is 13.0 Å². The van der Waals surface area contributed by atoms with Crippen molar-refractivity contribution < 1.29 is 0 Å². The number of rotatable bonds is 2. The predicted molar refractivity (Wildman–Crippen MR) is 76.9 cm³/mol. The van der Waals surface area contributed by atoms with Crippen LogP contribution in [0.1, 0.15) is 37.8 Å². The molecule has 0 bridgehead atoms. The van der Waals surface area contributed by atoms with E-state index in [1.807, 2.05) is 0 Å². The lowest BCUT2D eigenvalue weighted by Gasteiger charge is -2.36. The lowest BCUT2D eigenvalue weighted by Crippen LogP contribution is -2.40. The molecule has 3 rings (SSSR count). The summed E-state index contributed by atoms with van der Waals surface area (Å²) in [6.07, 6.45) is 3.94. The molecule has 2 heterocycles. The SMILES string of the molecule is CC1CCC(C)N(Cc2ccc3c(c2)CCN3)C1. The zero-order valence-corrected chi connectivity index (χ0v) is 11.6. The molecule has 0 aliphatic carbocycles. The normalized spacial score (nSPS) is 27.9. The Morgan fingerprint density at radius 3 is 3.06 bits per heavy atom. The highest BCUT2D eigenvalue weighted by atomic mass is 15.2. The van der Waals surface area contributed by atoms with E-state index in [1.165, 1.54) is 42.6 Å². The van der Waals surface area contributed by atoms with Gasteiger partial charge >= 0.3 is 0 Å². The van der Waals surface area contributed by atoms with E-state index in [0.717, 1.165) is 25.0 Å². The molecule has 1 aromatic rings. The molecule has 0 spiro atoms. The fraction of sp³-hybridized carbons (Fsp3) is 0.625. The highest BCUT2D eigenvalue weighted by molar-refractivity contribution is 5.56. The van der Waals surface area contributed by atoms with Gasteiger partial charge in [0.2, 0.25) is 0 Å². The number of likely N-dealkylation sites (tertiary alicyclic amines) is 1. The standard InChI is InChI=1S/C16H24N2/c1-12-3-4-13(2)18(10-12)11-14-5-6-16-15(9-14)7-8-17-16/h5-6,9,12-13,17H,3-4,7-8,10-11H2,1-2H3. The summed E-state index contributed by atoms with van der Waals surface area (Å²) < 4.78 is 0. The summed E-state index contributed by atoms with van der Waals surface area (Å²) in [6, 6.07) is 7.70. The van der Waals surface area contributed by atoms with Crippen LogP contribution in [0.5, 0.6) is 0 Å². The Bertz CT molecular complexity index is 427. The number of fused-ring (bicyclic) bond motifs is 1. The number of benzene rings is 1. The van der Waals surface area contributed by atoms with E-state index in [-0.39, 0.29) is 0 Å². The zero-order valence-electron chi connectivity index (χ0n) is 11.6. The van der Waals surface area contributed by atoms with Crippen LogP contribution in [0.25, 0.3) is 0 Å². The molecule has 0 radical (unpaired) electrons. The Morgan fingerprint density at radius 1 is 1.28 bits per heavy atom. The molecule has 2 unspecified atom stereocenters. The number of piperidine rings is 1. The molecule has 0 amide bonds. The Labute approximate surface area is 110 Å². The summed E-state index contributed by atoms with van der Waals surface area (Å²) >= 11 is 0. The maximum Gasteiger partial charge on any atom is 0.0373 e. The summed E-state index contributed by atoms with van der Waals surface area (Å²) in [4.78, 5) is 2.65. The number of anilines is 1. The van der Waals surface area contributed by atoms with Gasteiger partial charge in [0.15, 0.2) is 0 Å². The largest absolute Gasteiger partial charge is 0.384 e. The molecule has 0 saturated carbocycles. The van der Waals surface area contributed by atoms with Crippen LogP contribution < -0.4 is 5.32 Å². The average molecular weight is 244 g/mol. The molecule has 1 N–H and O–H groups in total. The summed E-state index contributed by atoms with van der Waals surface area (Å²) in [5, 5.41) is 3.43. The van der Waals surface area contributed by atoms with Crippen LogP contribution in [0, 0.1) is 5.92 Å². The van der Waals surface area contributed by atoms with E-state index in [0.29, 0.717) is 0 Å². The molecule has 2 aliphatic rings. The highest BCUT2D eigenvalue weighted by Crippen LogP contribution is 2.26. The molecule has 0 aromatic heterocycles. The minimum Gasteiger partial charge on any atom is -0.384 e. The third kappa shape index (κ3) is 2.39. The lowest BCUT2D eigenvalue weighted by atomic mass is 9.94. The second kappa shape index (κ2) is 4.93. The van der Waals surface area contributed by atoms with E-state index in [1.54, 1.807) is 0 Å². The van der Waals surface area contributed by atoms with Crippen LogP contribution in [0.15, 0.2) is 18.2 Å². The van der Waals surface area contributed by atoms with Gasteiger partial charge in [-0.05, 0) is 49.3 Å². The number of nitrogens with one attached hydrogen (secondary N) is 1. The molecule has 98 valence electrons. The van der Waals surface area contributed by atoms with E-state index < -0.39 is 0 Å².